The van der Waals surface area contributed by atoms with Crippen LogP contribution >= 0.6 is 0 Å². The van der Waals surface area contributed by atoms with E-state index in [-0.39, 0.29) is 24.6 Å². The highest BCUT2D eigenvalue weighted by Gasteiger charge is 2.16. The van der Waals surface area contributed by atoms with Gasteiger partial charge in [-0.05, 0) is 31.0 Å². The standard InChI is InChI=1S/C14H21NO5S/c1-11(12-6-4-7-13(10-12)19-2)15-21(17,18)9-5-8-14(16)20-3/h4,6-7,10-11,15H,5,8-9H2,1-3H3/t11-/m1/s1. The average molecular weight is 315 g/mol. The molecular formula is C14H21NO5S. The smallest absolute Gasteiger partial charge is 0.305 e. The Labute approximate surface area is 125 Å². The minimum absolute atomic E-state index is 0.0882. The van der Waals surface area contributed by atoms with Gasteiger partial charge in [-0.25, -0.2) is 13.1 Å². The monoisotopic (exact) mass is 315 g/mol. The van der Waals surface area contributed by atoms with Crippen molar-refractivity contribution in [2.75, 3.05) is 20.0 Å². The molecule has 0 saturated carbocycles. The van der Waals surface area contributed by atoms with Gasteiger partial charge in [-0.2, -0.15) is 0 Å². The van der Waals surface area contributed by atoms with E-state index in [0.717, 1.165) is 5.56 Å². The van der Waals surface area contributed by atoms with E-state index in [2.05, 4.69) is 9.46 Å². The molecular weight excluding hydrogens is 294 g/mol. The van der Waals surface area contributed by atoms with Crippen LogP contribution in [-0.4, -0.2) is 34.4 Å². The topological polar surface area (TPSA) is 81.7 Å². The van der Waals surface area contributed by atoms with Gasteiger partial charge in [0.1, 0.15) is 5.75 Å². The van der Waals surface area contributed by atoms with Gasteiger partial charge in [0, 0.05) is 12.5 Å². The second-order valence-electron chi connectivity index (χ2n) is 4.61. The molecule has 0 radical (unpaired) electrons. The Hall–Kier alpha value is -1.60. The molecule has 0 saturated heterocycles. The minimum Gasteiger partial charge on any atom is -0.497 e. The Morgan fingerprint density at radius 3 is 2.67 bits per heavy atom. The molecule has 0 unspecified atom stereocenters. The zero-order valence-corrected chi connectivity index (χ0v) is 13.3. The number of sulfonamides is 1. The molecule has 6 nitrogen and oxygen atoms in total. The van der Waals surface area contributed by atoms with E-state index < -0.39 is 16.0 Å². The van der Waals surface area contributed by atoms with Crippen LogP contribution in [0.25, 0.3) is 0 Å². The van der Waals surface area contributed by atoms with Gasteiger partial charge in [-0.1, -0.05) is 12.1 Å². The van der Waals surface area contributed by atoms with Gasteiger partial charge in [0.15, 0.2) is 0 Å². The summed E-state index contributed by atoms with van der Waals surface area (Å²) < 4.78 is 36.1. The van der Waals surface area contributed by atoms with Crippen LogP contribution in [0, 0.1) is 0 Å². The van der Waals surface area contributed by atoms with E-state index in [1.54, 1.807) is 32.2 Å². The molecule has 0 aliphatic heterocycles. The number of rotatable bonds is 8. The van der Waals surface area contributed by atoms with E-state index >= 15 is 0 Å². The molecule has 0 amide bonds. The molecule has 0 heterocycles. The zero-order valence-electron chi connectivity index (χ0n) is 12.5. The maximum absolute atomic E-state index is 11.9. The number of hydrogen-bond acceptors (Lipinski definition) is 5. The molecule has 21 heavy (non-hydrogen) atoms. The van der Waals surface area contributed by atoms with Crippen molar-refractivity contribution in [3.05, 3.63) is 29.8 Å². The molecule has 0 aliphatic rings. The molecule has 0 fully saturated rings. The number of carbonyl (C=O) groups excluding carboxylic acids is 1. The first-order valence-electron chi connectivity index (χ1n) is 6.58. The lowest BCUT2D eigenvalue weighted by Gasteiger charge is -2.15. The van der Waals surface area contributed by atoms with E-state index in [1.807, 2.05) is 6.07 Å². The number of methoxy groups -OCH3 is 2. The Bertz CT molecular complexity index is 570. The maximum Gasteiger partial charge on any atom is 0.305 e. The summed E-state index contributed by atoms with van der Waals surface area (Å²) >= 11 is 0. The first-order valence-corrected chi connectivity index (χ1v) is 8.24. The average Bonchev–Trinajstić information content (AvgIpc) is 2.46. The molecule has 0 spiro atoms. The summed E-state index contributed by atoms with van der Waals surface area (Å²) in [5.41, 5.74) is 0.811. The Morgan fingerprint density at radius 1 is 1.33 bits per heavy atom. The fourth-order valence-electron chi connectivity index (χ4n) is 1.82. The SMILES string of the molecule is COC(=O)CCCS(=O)(=O)N[C@H](C)c1cccc(OC)c1. The molecule has 1 atom stereocenters. The first kappa shape index (κ1) is 17.5. The van der Waals surface area contributed by atoms with Crippen LogP contribution in [-0.2, 0) is 19.6 Å². The van der Waals surface area contributed by atoms with Crippen LogP contribution in [0.15, 0.2) is 24.3 Å². The second-order valence-corrected chi connectivity index (χ2v) is 6.49. The van der Waals surface area contributed by atoms with Crippen molar-refractivity contribution in [3.8, 4) is 5.75 Å². The molecule has 0 bridgehead atoms. The second kappa shape index (κ2) is 7.99. The van der Waals surface area contributed by atoms with Crippen molar-refractivity contribution < 1.29 is 22.7 Å². The number of esters is 1. The summed E-state index contributed by atoms with van der Waals surface area (Å²) in [5, 5.41) is 0. The molecule has 1 aromatic carbocycles. The van der Waals surface area contributed by atoms with Gasteiger partial charge in [0.05, 0.1) is 20.0 Å². The van der Waals surface area contributed by atoms with Crippen molar-refractivity contribution in [1.82, 2.24) is 4.72 Å². The molecule has 1 N–H and O–H groups in total. The normalized spacial score (nSPS) is 12.7. The summed E-state index contributed by atoms with van der Waals surface area (Å²) in [6.07, 6.45) is 0.317. The van der Waals surface area contributed by atoms with Crippen LogP contribution in [0.4, 0.5) is 0 Å². The van der Waals surface area contributed by atoms with Gasteiger partial charge in [0.25, 0.3) is 0 Å². The Morgan fingerprint density at radius 2 is 2.05 bits per heavy atom. The van der Waals surface area contributed by atoms with E-state index in [4.69, 9.17) is 4.74 Å². The highest BCUT2D eigenvalue weighted by atomic mass is 32.2. The number of benzene rings is 1. The summed E-state index contributed by atoms with van der Waals surface area (Å²) in [7, 11) is -0.617. The largest absolute Gasteiger partial charge is 0.497 e. The van der Waals surface area contributed by atoms with Crippen molar-refractivity contribution in [3.63, 3.8) is 0 Å². The Balaban J connectivity index is 2.59. The van der Waals surface area contributed by atoms with Crippen molar-refractivity contribution >= 4 is 16.0 Å². The highest BCUT2D eigenvalue weighted by molar-refractivity contribution is 7.89. The molecule has 118 valence electrons. The van der Waals surface area contributed by atoms with Gasteiger partial charge in [-0.3, -0.25) is 4.79 Å². The Kier molecular flexibility index (Phi) is 6.64. The van der Waals surface area contributed by atoms with E-state index in [9.17, 15) is 13.2 Å². The van der Waals surface area contributed by atoms with Crippen LogP contribution in [0.1, 0.15) is 31.4 Å². The fourth-order valence-corrected chi connectivity index (χ4v) is 3.13. The number of nitrogens with one attached hydrogen (secondary N) is 1. The lowest BCUT2D eigenvalue weighted by Crippen LogP contribution is -2.29. The summed E-state index contributed by atoms with van der Waals surface area (Å²) in [4.78, 5) is 11.0. The van der Waals surface area contributed by atoms with Gasteiger partial charge >= 0.3 is 5.97 Å². The third-order valence-corrected chi connectivity index (χ3v) is 4.51. The molecule has 1 rings (SSSR count). The fraction of sp³-hybridized carbons (Fsp3) is 0.500. The number of ether oxygens (including phenoxy) is 2. The lowest BCUT2D eigenvalue weighted by molar-refractivity contribution is -0.140. The van der Waals surface area contributed by atoms with Crippen molar-refractivity contribution in [1.29, 1.82) is 0 Å². The van der Waals surface area contributed by atoms with Crippen LogP contribution in [0.2, 0.25) is 0 Å². The zero-order chi connectivity index (χ0) is 15.9. The first-order chi connectivity index (χ1) is 9.88. The number of carbonyl (C=O) groups is 1. The molecule has 1 aromatic rings. The number of hydrogen-bond donors (Lipinski definition) is 1. The lowest BCUT2D eigenvalue weighted by atomic mass is 10.1. The van der Waals surface area contributed by atoms with Gasteiger partial charge < -0.3 is 9.47 Å². The van der Waals surface area contributed by atoms with Crippen molar-refractivity contribution in [2.24, 2.45) is 0 Å². The van der Waals surface area contributed by atoms with Crippen LogP contribution in [0.3, 0.4) is 0 Å². The summed E-state index contributed by atoms with van der Waals surface area (Å²) in [6, 6.07) is 6.83. The molecule has 0 aliphatic carbocycles. The van der Waals surface area contributed by atoms with Crippen LogP contribution < -0.4 is 9.46 Å². The third-order valence-electron chi connectivity index (χ3n) is 2.97. The third kappa shape index (κ3) is 6.14. The van der Waals surface area contributed by atoms with Gasteiger partial charge in [0.2, 0.25) is 10.0 Å². The van der Waals surface area contributed by atoms with Gasteiger partial charge in [-0.15, -0.1) is 0 Å². The highest BCUT2D eigenvalue weighted by Crippen LogP contribution is 2.19. The summed E-state index contributed by atoms with van der Waals surface area (Å²) in [6.45, 7) is 1.76. The quantitative estimate of drug-likeness (QED) is 0.737. The van der Waals surface area contributed by atoms with E-state index in [1.165, 1.54) is 7.11 Å². The minimum atomic E-state index is -3.45. The van der Waals surface area contributed by atoms with E-state index in [0.29, 0.717) is 5.75 Å². The molecule has 7 heteroatoms. The summed E-state index contributed by atoms with van der Waals surface area (Å²) in [5.74, 6) is 0.145. The maximum atomic E-state index is 11.9. The molecule has 0 aromatic heterocycles. The predicted octanol–water partition coefficient (Wildman–Crippen LogP) is 1.63. The van der Waals surface area contributed by atoms with Crippen molar-refractivity contribution in [2.45, 2.75) is 25.8 Å². The van der Waals surface area contributed by atoms with Crippen LogP contribution in [0.5, 0.6) is 5.75 Å². The predicted molar refractivity (Wildman–Crippen MR) is 79.6 cm³/mol.